The molecule has 23 heavy (non-hydrogen) atoms. The molecule has 1 heterocycles. The molecule has 2 saturated carbocycles. The highest BCUT2D eigenvalue weighted by atomic mass is 16.2. The molecule has 0 N–H and O–H groups in total. The molecule has 0 atom stereocenters. The van der Waals surface area contributed by atoms with Gasteiger partial charge in [0, 0.05) is 37.4 Å². The topological polar surface area (TPSA) is 45.6 Å². The number of hydrogen-bond donors (Lipinski definition) is 0. The van der Waals surface area contributed by atoms with E-state index in [1.165, 1.54) is 0 Å². The Bertz CT molecular complexity index is 573. The number of hydrogen-bond acceptors (Lipinski definition) is 2. The molecule has 2 amide bonds. The van der Waals surface area contributed by atoms with Crippen LogP contribution in [-0.4, -0.2) is 45.3 Å². The first-order chi connectivity index (χ1) is 11.1. The molecule has 0 bridgehead atoms. The molecule has 5 heteroatoms. The summed E-state index contributed by atoms with van der Waals surface area (Å²) in [4.78, 5) is 28.9. The van der Waals surface area contributed by atoms with Crippen LogP contribution in [-0.2, 0) is 23.2 Å². The van der Waals surface area contributed by atoms with Gasteiger partial charge in [0.15, 0.2) is 0 Å². The lowest BCUT2D eigenvalue weighted by Crippen LogP contribution is -2.44. The van der Waals surface area contributed by atoms with Crippen molar-refractivity contribution in [1.82, 2.24) is 14.4 Å². The first-order valence-electron chi connectivity index (χ1n) is 8.78. The highest BCUT2D eigenvalue weighted by molar-refractivity contribution is 5.87. The molecule has 0 aromatic carbocycles. The van der Waals surface area contributed by atoms with Crippen molar-refractivity contribution in [2.45, 2.75) is 51.6 Å². The number of carbonyl (C=O) groups excluding carboxylic acids is 2. The molecule has 2 fully saturated rings. The SMILES string of the molecule is CCCN(CC(=O)N(Cc1cccn1C)C1CC1)C(=O)C1CC1. The van der Waals surface area contributed by atoms with E-state index < -0.39 is 0 Å². The Labute approximate surface area is 138 Å². The zero-order valence-electron chi connectivity index (χ0n) is 14.2. The predicted octanol–water partition coefficient (Wildman–Crippen LogP) is 2.16. The second-order valence-corrected chi connectivity index (χ2v) is 6.90. The van der Waals surface area contributed by atoms with E-state index in [-0.39, 0.29) is 24.3 Å². The minimum atomic E-state index is 0.0937. The Balaban J connectivity index is 1.65. The Morgan fingerprint density at radius 3 is 2.52 bits per heavy atom. The van der Waals surface area contributed by atoms with Gasteiger partial charge in [0.05, 0.1) is 13.1 Å². The van der Waals surface area contributed by atoms with Crippen LogP contribution < -0.4 is 0 Å². The number of carbonyl (C=O) groups is 2. The van der Waals surface area contributed by atoms with Crippen molar-refractivity contribution < 1.29 is 9.59 Å². The first-order valence-corrected chi connectivity index (χ1v) is 8.78. The largest absolute Gasteiger partial charge is 0.353 e. The number of rotatable bonds is 8. The summed E-state index contributed by atoms with van der Waals surface area (Å²) < 4.78 is 2.06. The molecule has 0 radical (unpaired) electrons. The zero-order chi connectivity index (χ0) is 16.4. The Morgan fingerprint density at radius 2 is 2.00 bits per heavy atom. The van der Waals surface area contributed by atoms with Crippen LogP contribution in [0.2, 0.25) is 0 Å². The van der Waals surface area contributed by atoms with Crippen molar-refractivity contribution in [1.29, 1.82) is 0 Å². The summed E-state index contributed by atoms with van der Waals surface area (Å²) in [5.41, 5.74) is 1.14. The standard InChI is InChI=1S/C18H27N3O2/c1-3-10-20(18(23)14-6-7-14)13-17(22)21(15-8-9-15)12-16-5-4-11-19(16)2/h4-5,11,14-15H,3,6-10,12-13H2,1-2H3. The smallest absolute Gasteiger partial charge is 0.242 e. The fourth-order valence-corrected chi connectivity index (χ4v) is 3.02. The van der Waals surface area contributed by atoms with Crippen LogP contribution in [0.3, 0.4) is 0 Å². The highest BCUT2D eigenvalue weighted by Crippen LogP contribution is 2.32. The van der Waals surface area contributed by atoms with Crippen molar-refractivity contribution >= 4 is 11.8 Å². The Morgan fingerprint density at radius 1 is 1.26 bits per heavy atom. The maximum atomic E-state index is 12.8. The summed E-state index contributed by atoms with van der Waals surface area (Å²) >= 11 is 0. The van der Waals surface area contributed by atoms with E-state index in [9.17, 15) is 9.59 Å². The third-order valence-corrected chi connectivity index (χ3v) is 4.75. The molecule has 5 nitrogen and oxygen atoms in total. The molecular weight excluding hydrogens is 290 g/mol. The van der Waals surface area contributed by atoms with Crippen LogP contribution in [0.15, 0.2) is 18.3 Å². The first kappa shape index (κ1) is 16.1. The molecule has 1 aromatic heterocycles. The predicted molar refractivity (Wildman–Crippen MR) is 88.6 cm³/mol. The fraction of sp³-hybridized carbons (Fsp3) is 0.667. The van der Waals surface area contributed by atoms with Gasteiger partial charge in [-0.05, 0) is 44.2 Å². The Hall–Kier alpha value is -1.78. The average Bonchev–Trinajstić information content (AvgIpc) is 3.43. The van der Waals surface area contributed by atoms with Gasteiger partial charge in [-0.3, -0.25) is 9.59 Å². The molecule has 0 unspecified atom stereocenters. The van der Waals surface area contributed by atoms with Crippen LogP contribution in [0.25, 0.3) is 0 Å². The van der Waals surface area contributed by atoms with Crippen LogP contribution >= 0.6 is 0 Å². The quantitative estimate of drug-likeness (QED) is 0.737. The maximum Gasteiger partial charge on any atom is 0.242 e. The molecule has 2 aliphatic carbocycles. The molecule has 0 spiro atoms. The lowest BCUT2D eigenvalue weighted by Gasteiger charge is -2.28. The fourth-order valence-electron chi connectivity index (χ4n) is 3.02. The van der Waals surface area contributed by atoms with E-state index >= 15 is 0 Å². The third-order valence-electron chi connectivity index (χ3n) is 4.75. The number of aryl methyl sites for hydroxylation is 1. The van der Waals surface area contributed by atoms with E-state index in [1.807, 2.05) is 24.2 Å². The zero-order valence-corrected chi connectivity index (χ0v) is 14.2. The Kier molecular flexibility index (Phi) is 4.74. The molecule has 0 saturated heterocycles. The van der Waals surface area contributed by atoms with Gasteiger partial charge in [-0.15, -0.1) is 0 Å². The van der Waals surface area contributed by atoms with Gasteiger partial charge in [0.2, 0.25) is 11.8 Å². The minimum Gasteiger partial charge on any atom is -0.353 e. The summed E-state index contributed by atoms with van der Waals surface area (Å²) in [5.74, 6) is 0.447. The summed E-state index contributed by atoms with van der Waals surface area (Å²) in [7, 11) is 2.00. The summed E-state index contributed by atoms with van der Waals surface area (Å²) in [6.07, 6.45) is 7.05. The van der Waals surface area contributed by atoms with Gasteiger partial charge in [0.1, 0.15) is 0 Å². The molecule has 0 aliphatic heterocycles. The van der Waals surface area contributed by atoms with Crippen LogP contribution in [0.4, 0.5) is 0 Å². The van der Waals surface area contributed by atoms with Crippen LogP contribution in [0.1, 0.15) is 44.7 Å². The van der Waals surface area contributed by atoms with Gasteiger partial charge in [-0.25, -0.2) is 0 Å². The van der Waals surface area contributed by atoms with Crippen LogP contribution in [0, 0.1) is 5.92 Å². The average molecular weight is 317 g/mol. The van der Waals surface area contributed by atoms with E-state index in [2.05, 4.69) is 17.6 Å². The molecule has 3 rings (SSSR count). The lowest BCUT2D eigenvalue weighted by molar-refractivity contribution is -0.142. The second-order valence-electron chi connectivity index (χ2n) is 6.90. The summed E-state index contributed by atoms with van der Waals surface area (Å²) in [6.45, 7) is 3.62. The monoisotopic (exact) mass is 317 g/mol. The summed E-state index contributed by atoms with van der Waals surface area (Å²) in [6, 6.07) is 4.42. The normalized spacial score (nSPS) is 17.1. The van der Waals surface area contributed by atoms with E-state index in [1.54, 1.807) is 4.90 Å². The van der Waals surface area contributed by atoms with Crippen molar-refractivity contribution in [3.63, 3.8) is 0 Å². The van der Waals surface area contributed by atoms with E-state index in [0.29, 0.717) is 19.1 Å². The number of amides is 2. The summed E-state index contributed by atoms with van der Waals surface area (Å²) in [5, 5.41) is 0. The highest BCUT2D eigenvalue weighted by Gasteiger charge is 2.37. The van der Waals surface area contributed by atoms with Gasteiger partial charge in [-0.1, -0.05) is 6.92 Å². The minimum absolute atomic E-state index is 0.0937. The van der Waals surface area contributed by atoms with Gasteiger partial charge in [0.25, 0.3) is 0 Å². The maximum absolute atomic E-state index is 12.8. The number of nitrogens with zero attached hydrogens (tertiary/aromatic N) is 3. The van der Waals surface area contributed by atoms with E-state index in [4.69, 9.17) is 0 Å². The third kappa shape index (κ3) is 3.95. The van der Waals surface area contributed by atoms with Gasteiger partial charge in [-0.2, -0.15) is 0 Å². The molecular formula is C18H27N3O2. The number of aromatic nitrogens is 1. The van der Waals surface area contributed by atoms with Gasteiger partial charge >= 0.3 is 0 Å². The second kappa shape index (κ2) is 6.77. The lowest BCUT2D eigenvalue weighted by atomic mass is 10.3. The van der Waals surface area contributed by atoms with Crippen molar-refractivity contribution in [2.75, 3.05) is 13.1 Å². The van der Waals surface area contributed by atoms with Gasteiger partial charge < -0.3 is 14.4 Å². The van der Waals surface area contributed by atoms with Crippen LogP contribution in [0.5, 0.6) is 0 Å². The van der Waals surface area contributed by atoms with Crippen molar-refractivity contribution in [3.8, 4) is 0 Å². The van der Waals surface area contributed by atoms with Crippen molar-refractivity contribution in [2.24, 2.45) is 13.0 Å². The van der Waals surface area contributed by atoms with Crippen molar-refractivity contribution in [3.05, 3.63) is 24.0 Å². The molecule has 2 aliphatic rings. The van der Waals surface area contributed by atoms with E-state index in [0.717, 1.165) is 37.8 Å². The molecule has 126 valence electrons. The molecule has 1 aromatic rings.